The van der Waals surface area contributed by atoms with Gasteiger partial charge in [0, 0.05) is 12.6 Å². The Bertz CT molecular complexity index is 417. The molecule has 0 saturated heterocycles. The van der Waals surface area contributed by atoms with E-state index in [9.17, 15) is 4.79 Å². The van der Waals surface area contributed by atoms with Crippen LogP contribution in [0.2, 0.25) is 0 Å². The number of carbonyl (C=O) groups is 1. The third-order valence-corrected chi connectivity index (χ3v) is 3.47. The van der Waals surface area contributed by atoms with Gasteiger partial charge in [-0.25, -0.2) is 0 Å². The summed E-state index contributed by atoms with van der Waals surface area (Å²) in [6.45, 7) is 9.08. The van der Waals surface area contributed by atoms with Gasteiger partial charge in [0.25, 0.3) is 0 Å². The molecule has 1 aromatic carbocycles. The van der Waals surface area contributed by atoms with Crippen LogP contribution in [0.5, 0.6) is 0 Å². The van der Waals surface area contributed by atoms with Gasteiger partial charge >= 0.3 is 5.97 Å². The number of rotatable bonds is 5. The Morgan fingerprint density at radius 2 is 1.78 bits per heavy atom. The van der Waals surface area contributed by atoms with E-state index in [-0.39, 0.29) is 12.5 Å². The molecule has 3 heteroatoms. The van der Waals surface area contributed by atoms with Crippen LogP contribution in [-0.4, -0.2) is 29.1 Å². The highest BCUT2D eigenvalue weighted by atomic mass is 16.4. The summed E-state index contributed by atoms with van der Waals surface area (Å²) >= 11 is 0. The van der Waals surface area contributed by atoms with E-state index in [1.807, 2.05) is 14.0 Å². The maximum absolute atomic E-state index is 10.7. The van der Waals surface area contributed by atoms with Gasteiger partial charge in [-0.15, -0.1) is 0 Å². The first kappa shape index (κ1) is 14.7. The van der Waals surface area contributed by atoms with E-state index >= 15 is 0 Å². The lowest BCUT2D eigenvalue weighted by Gasteiger charge is -2.25. The van der Waals surface area contributed by atoms with Crippen LogP contribution in [0.25, 0.3) is 0 Å². The van der Waals surface area contributed by atoms with Crippen LogP contribution in [0, 0.1) is 20.8 Å². The normalized spacial score (nSPS) is 12.8. The fourth-order valence-electron chi connectivity index (χ4n) is 2.27. The molecule has 3 nitrogen and oxygen atoms in total. The maximum atomic E-state index is 10.7. The largest absolute Gasteiger partial charge is 0.481 e. The second-order valence-electron chi connectivity index (χ2n) is 5.24. The van der Waals surface area contributed by atoms with Crippen LogP contribution in [0.4, 0.5) is 0 Å². The molecule has 1 unspecified atom stereocenters. The smallest absolute Gasteiger partial charge is 0.304 e. The van der Waals surface area contributed by atoms with Crippen molar-refractivity contribution < 1.29 is 9.90 Å². The van der Waals surface area contributed by atoms with Gasteiger partial charge in [0.1, 0.15) is 0 Å². The maximum Gasteiger partial charge on any atom is 0.304 e. The molecule has 0 aliphatic heterocycles. The zero-order chi connectivity index (χ0) is 13.9. The van der Waals surface area contributed by atoms with Crippen molar-refractivity contribution in [2.75, 3.05) is 7.05 Å². The van der Waals surface area contributed by atoms with E-state index < -0.39 is 5.97 Å². The Hall–Kier alpha value is -1.35. The SMILES string of the molecule is Cc1cc(C)c(CN(C)C(C)CC(=O)O)c(C)c1. The highest BCUT2D eigenvalue weighted by Crippen LogP contribution is 2.19. The monoisotopic (exact) mass is 249 g/mol. The van der Waals surface area contributed by atoms with Crippen molar-refractivity contribution in [3.8, 4) is 0 Å². The molecule has 0 amide bonds. The Balaban J connectivity index is 2.81. The second kappa shape index (κ2) is 6.01. The van der Waals surface area contributed by atoms with Crippen molar-refractivity contribution in [2.24, 2.45) is 0 Å². The molecule has 0 fully saturated rings. The molecule has 1 rings (SSSR count). The number of carboxylic acid groups (broad SMARTS) is 1. The van der Waals surface area contributed by atoms with Gasteiger partial charge < -0.3 is 5.11 Å². The summed E-state index contributed by atoms with van der Waals surface area (Å²) in [5.74, 6) is -0.744. The number of aryl methyl sites for hydroxylation is 3. The first-order chi connectivity index (χ1) is 8.31. The summed E-state index contributed by atoms with van der Waals surface area (Å²) in [5, 5.41) is 8.82. The quantitative estimate of drug-likeness (QED) is 0.872. The highest BCUT2D eigenvalue weighted by Gasteiger charge is 2.15. The van der Waals surface area contributed by atoms with Gasteiger partial charge in [-0.1, -0.05) is 17.7 Å². The van der Waals surface area contributed by atoms with Crippen molar-refractivity contribution in [3.05, 3.63) is 34.4 Å². The fraction of sp³-hybridized carbons (Fsp3) is 0.533. The predicted octanol–water partition coefficient (Wildman–Crippen LogP) is 2.91. The molecule has 0 spiro atoms. The van der Waals surface area contributed by atoms with Gasteiger partial charge in [-0.2, -0.15) is 0 Å². The van der Waals surface area contributed by atoms with E-state index in [1.165, 1.54) is 22.3 Å². The zero-order valence-electron chi connectivity index (χ0n) is 11.9. The first-order valence-corrected chi connectivity index (χ1v) is 6.30. The minimum absolute atomic E-state index is 0.0441. The molecule has 0 bridgehead atoms. The third-order valence-electron chi connectivity index (χ3n) is 3.47. The van der Waals surface area contributed by atoms with Crippen LogP contribution >= 0.6 is 0 Å². The average molecular weight is 249 g/mol. The first-order valence-electron chi connectivity index (χ1n) is 6.30. The number of carboxylic acids is 1. The van der Waals surface area contributed by atoms with Gasteiger partial charge in [0.05, 0.1) is 6.42 Å². The lowest BCUT2D eigenvalue weighted by molar-refractivity contribution is -0.138. The van der Waals surface area contributed by atoms with E-state index in [4.69, 9.17) is 5.11 Å². The van der Waals surface area contributed by atoms with Crippen LogP contribution in [0.3, 0.4) is 0 Å². The van der Waals surface area contributed by atoms with Crippen LogP contribution in [0.1, 0.15) is 35.6 Å². The Labute approximate surface area is 109 Å². The van der Waals surface area contributed by atoms with Gasteiger partial charge in [-0.05, 0) is 51.4 Å². The number of hydrogen-bond acceptors (Lipinski definition) is 2. The molecule has 0 saturated carbocycles. The standard InChI is InChI=1S/C15H23NO2/c1-10-6-11(2)14(12(3)7-10)9-16(5)13(4)8-15(17)18/h6-7,13H,8-9H2,1-5H3,(H,17,18). The molecule has 100 valence electrons. The zero-order valence-corrected chi connectivity index (χ0v) is 11.9. The minimum atomic E-state index is -0.744. The lowest BCUT2D eigenvalue weighted by atomic mass is 9.99. The van der Waals surface area contributed by atoms with Crippen LogP contribution in [-0.2, 0) is 11.3 Å². The van der Waals surface area contributed by atoms with Gasteiger partial charge in [-0.3, -0.25) is 9.69 Å². The topological polar surface area (TPSA) is 40.5 Å². The highest BCUT2D eigenvalue weighted by molar-refractivity contribution is 5.67. The number of aliphatic carboxylic acids is 1. The molecule has 0 heterocycles. The molecular weight excluding hydrogens is 226 g/mol. The van der Waals surface area contributed by atoms with Crippen LogP contribution in [0.15, 0.2) is 12.1 Å². The summed E-state index contributed by atoms with van der Waals surface area (Å²) in [6, 6.07) is 4.40. The van der Waals surface area contributed by atoms with Crippen molar-refractivity contribution in [2.45, 2.75) is 46.7 Å². The van der Waals surface area contributed by atoms with Crippen molar-refractivity contribution in [1.82, 2.24) is 4.90 Å². The van der Waals surface area contributed by atoms with Crippen LogP contribution < -0.4 is 0 Å². The number of hydrogen-bond donors (Lipinski definition) is 1. The summed E-state index contributed by atoms with van der Waals surface area (Å²) in [4.78, 5) is 12.8. The molecule has 0 radical (unpaired) electrons. The number of benzene rings is 1. The van der Waals surface area contributed by atoms with Crippen molar-refractivity contribution in [1.29, 1.82) is 0 Å². The summed E-state index contributed by atoms with van der Waals surface area (Å²) in [6.07, 6.45) is 0.181. The Morgan fingerprint density at radius 1 is 1.28 bits per heavy atom. The van der Waals surface area contributed by atoms with Crippen molar-refractivity contribution in [3.63, 3.8) is 0 Å². The Kier molecular flexibility index (Phi) is 4.91. The van der Waals surface area contributed by atoms with Gasteiger partial charge in [0.15, 0.2) is 0 Å². The molecule has 1 N–H and O–H groups in total. The minimum Gasteiger partial charge on any atom is -0.481 e. The number of nitrogens with zero attached hydrogens (tertiary/aromatic N) is 1. The molecule has 18 heavy (non-hydrogen) atoms. The van der Waals surface area contributed by atoms with E-state index in [0.29, 0.717) is 0 Å². The van der Waals surface area contributed by atoms with Gasteiger partial charge in [0.2, 0.25) is 0 Å². The predicted molar refractivity (Wildman–Crippen MR) is 73.8 cm³/mol. The third kappa shape index (κ3) is 3.84. The molecule has 0 aliphatic carbocycles. The van der Waals surface area contributed by atoms with E-state index in [1.54, 1.807) is 0 Å². The summed E-state index contributed by atoms with van der Waals surface area (Å²) in [7, 11) is 1.98. The second-order valence-corrected chi connectivity index (χ2v) is 5.24. The van der Waals surface area contributed by atoms with Crippen molar-refractivity contribution >= 4 is 5.97 Å². The molecule has 0 aromatic heterocycles. The summed E-state index contributed by atoms with van der Waals surface area (Å²) < 4.78 is 0. The lowest BCUT2D eigenvalue weighted by Crippen LogP contribution is -2.31. The Morgan fingerprint density at radius 3 is 2.22 bits per heavy atom. The van der Waals surface area contributed by atoms with E-state index in [2.05, 4.69) is 37.8 Å². The average Bonchev–Trinajstić information content (AvgIpc) is 2.21. The molecular formula is C15H23NO2. The van der Waals surface area contributed by atoms with E-state index in [0.717, 1.165) is 6.54 Å². The fourth-order valence-corrected chi connectivity index (χ4v) is 2.27. The summed E-state index contributed by atoms with van der Waals surface area (Å²) in [5.41, 5.74) is 5.14. The molecule has 1 atom stereocenters. The molecule has 1 aromatic rings. The molecule has 0 aliphatic rings.